The summed E-state index contributed by atoms with van der Waals surface area (Å²) >= 11 is 0. The minimum Gasteiger partial charge on any atom is -0.356 e. The van der Waals surface area contributed by atoms with Crippen LogP contribution < -0.4 is 15.4 Å². The Bertz CT molecular complexity index is 578. The van der Waals surface area contributed by atoms with E-state index in [-0.39, 0.29) is 35.9 Å². The van der Waals surface area contributed by atoms with Gasteiger partial charge in [0, 0.05) is 45.2 Å². The van der Waals surface area contributed by atoms with Crippen molar-refractivity contribution in [2.75, 3.05) is 39.5 Å². The van der Waals surface area contributed by atoms with E-state index in [9.17, 15) is 13.2 Å². The Labute approximate surface area is 174 Å². The van der Waals surface area contributed by atoms with Crippen LogP contribution in [0.4, 0.5) is 0 Å². The molecule has 0 radical (unpaired) electrons. The second-order valence-corrected chi connectivity index (χ2v) is 8.75. The Kier molecular flexibility index (Phi) is 10.2. The van der Waals surface area contributed by atoms with Crippen molar-refractivity contribution in [2.24, 2.45) is 10.9 Å². The van der Waals surface area contributed by atoms with Crippen LogP contribution in [0.3, 0.4) is 0 Å². The minimum absolute atomic E-state index is 0. The standard InChI is InChI=1S/C16H31N5O3S.HI/c1-17-16(18-9-5-10-19-25(2,23)24)20-14-8-11-21(12-14)15(22)13-6-3-4-7-13;/h13-14,19H,3-12H2,1-2H3,(H2,17,18,20);1H. The highest BCUT2D eigenvalue weighted by molar-refractivity contribution is 14.0. The Balaban J connectivity index is 0.00000338. The lowest BCUT2D eigenvalue weighted by Crippen LogP contribution is -2.46. The fourth-order valence-corrected chi connectivity index (χ4v) is 3.97. The topological polar surface area (TPSA) is 103 Å². The molecule has 8 nitrogen and oxygen atoms in total. The number of nitrogens with one attached hydrogen (secondary N) is 3. The zero-order valence-corrected chi connectivity index (χ0v) is 18.8. The van der Waals surface area contributed by atoms with Crippen LogP contribution in [0.5, 0.6) is 0 Å². The van der Waals surface area contributed by atoms with Crippen molar-refractivity contribution < 1.29 is 13.2 Å². The predicted octanol–water partition coefficient (Wildman–Crippen LogP) is 0.500. The molecule has 2 aliphatic rings. The second kappa shape index (κ2) is 11.3. The number of carbonyl (C=O) groups excluding carboxylic acids is 1. The lowest BCUT2D eigenvalue weighted by molar-refractivity contribution is -0.134. The summed E-state index contributed by atoms with van der Waals surface area (Å²) < 4.78 is 24.5. The smallest absolute Gasteiger partial charge is 0.225 e. The van der Waals surface area contributed by atoms with Crippen molar-refractivity contribution in [2.45, 2.75) is 44.6 Å². The van der Waals surface area contributed by atoms with E-state index in [0.717, 1.165) is 38.6 Å². The maximum Gasteiger partial charge on any atom is 0.225 e. The van der Waals surface area contributed by atoms with Gasteiger partial charge in [-0.25, -0.2) is 13.1 Å². The van der Waals surface area contributed by atoms with Gasteiger partial charge < -0.3 is 15.5 Å². The van der Waals surface area contributed by atoms with E-state index in [1.54, 1.807) is 7.05 Å². The molecule has 1 amide bonds. The fraction of sp³-hybridized carbons (Fsp3) is 0.875. The van der Waals surface area contributed by atoms with E-state index in [1.807, 2.05) is 4.90 Å². The average molecular weight is 501 g/mol. The van der Waals surface area contributed by atoms with Gasteiger partial charge >= 0.3 is 0 Å². The van der Waals surface area contributed by atoms with Crippen molar-refractivity contribution >= 4 is 45.9 Å². The van der Waals surface area contributed by atoms with E-state index >= 15 is 0 Å². The molecule has 1 aliphatic heterocycles. The molecule has 1 heterocycles. The van der Waals surface area contributed by atoms with Gasteiger partial charge in [-0.1, -0.05) is 12.8 Å². The molecule has 0 aromatic heterocycles. The van der Waals surface area contributed by atoms with Crippen LogP contribution in [0.25, 0.3) is 0 Å². The van der Waals surface area contributed by atoms with Crippen molar-refractivity contribution in [1.29, 1.82) is 0 Å². The van der Waals surface area contributed by atoms with Gasteiger partial charge in [-0.3, -0.25) is 9.79 Å². The van der Waals surface area contributed by atoms with Crippen LogP contribution in [0, 0.1) is 5.92 Å². The van der Waals surface area contributed by atoms with Gasteiger partial charge in [-0.05, 0) is 25.7 Å². The summed E-state index contributed by atoms with van der Waals surface area (Å²) in [6, 6.07) is 0.214. The molecule has 1 unspecified atom stereocenters. The van der Waals surface area contributed by atoms with Crippen LogP contribution in [-0.4, -0.2) is 70.7 Å². The Hall–Kier alpha value is -0.620. The monoisotopic (exact) mass is 501 g/mol. The number of hydrogen-bond acceptors (Lipinski definition) is 4. The van der Waals surface area contributed by atoms with Crippen LogP contribution >= 0.6 is 24.0 Å². The molecule has 152 valence electrons. The highest BCUT2D eigenvalue weighted by atomic mass is 127. The zero-order valence-electron chi connectivity index (χ0n) is 15.7. The first kappa shape index (κ1) is 23.4. The summed E-state index contributed by atoms with van der Waals surface area (Å²) in [4.78, 5) is 18.7. The molecular weight excluding hydrogens is 469 g/mol. The van der Waals surface area contributed by atoms with Gasteiger partial charge in [0.15, 0.2) is 5.96 Å². The fourth-order valence-electron chi connectivity index (χ4n) is 3.45. The Morgan fingerprint density at radius 2 is 1.88 bits per heavy atom. The molecule has 2 fully saturated rings. The van der Waals surface area contributed by atoms with E-state index in [0.29, 0.717) is 31.4 Å². The maximum absolute atomic E-state index is 12.5. The quantitative estimate of drug-likeness (QED) is 0.204. The number of likely N-dealkylation sites (tertiary alicyclic amines) is 1. The molecule has 0 spiro atoms. The third-order valence-corrected chi connectivity index (χ3v) is 5.51. The third kappa shape index (κ3) is 7.95. The van der Waals surface area contributed by atoms with Crippen molar-refractivity contribution in [1.82, 2.24) is 20.3 Å². The van der Waals surface area contributed by atoms with Gasteiger partial charge in [-0.2, -0.15) is 0 Å². The number of rotatable bonds is 7. The first-order chi connectivity index (χ1) is 11.9. The molecule has 2 rings (SSSR count). The van der Waals surface area contributed by atoms with E-state index in [4.69, 9.17) is 0 Å². The highest BCUT2D eigenvalue weighted by Crippen LogP contribution is 2.27. The summed E-state index contributed by atoms with van der Waals surface area (Å²) in [6.07, 6.45) is 7.18. The molecule has 1 saturated heterocycles. The van der Waals surface area contributed by atoms with Crippen LogP contribution in [0.1, 0.15) is 38.5 Å². The number of amides is 1. The number of sulfonamides is 1. The minimum atomic E-state index is -3.13. The number of halogens is 1. The number of carbonyl (C=O) groups is 1. The first-order valence-electron chi connectivity index (χ1n) is 9.09. The molecule has 1 saturated carbocycles. The molecule has 0 bridgehead atoms. The highest BCUT2D eigenvalue weighted by Gasteiger charge is 2.32. The van der Waals surface area contributed by atoms with Crippen LogP contribution in [-0.2, 0) is 14.8 Å². The largest absolute Gasteiger partial charge is 0.356 e. The van der Waals surface area contributed by atoms with Crippen LogP contribution in [0.15, 0.2) is 4.99 Å². The third-order valence-electron chi connectivity index (χ3n) is 4.78. The van der Waals surface area contributed by atoms with Gasteiger partial charge in [0.1, 0.15) is 0 Å². The Morgan fingerprint density at radius 3 is 2.50 bits per heavy atom. The summed E-state index contributed by atoms with van der Waals surface area (Å²) in [5.41, 5.74) is 0. The summed E-state index contributed by atoms with van der Waals surface area (Å²) in [6.45, 7) is 2.56. The average Bonchev–Trinajstić information content (AvgIpc) is 3.23. The normalized spacial score (nSPS) is 21.5. The molecule has 0 aromatic rings. The van der Waals surface area contributed by atoms with E-state index in [1.165, 1.54) is 12.8 Å². The molecule has 26 heavy (non-hydrogen) atoms. The zero-order chi connectivity index (χ0) is 18.3. The number of guanidine groups is 1. The van der Waals surface area contributed by atoms with Gasteiger partial charge in [0.2, 0.25) is 15.9 Å². The van der Waals surface area contributed by atoms with Crippen molar-refractivity contribution in [3.8, 4) is 0 Å². The van der Waals surface area contributed by atoms with Crippen molar-refractivity contribution in [3.63, 3.8) is 0 Å². The molecule has 10 heteroatoms. The summed E-state index contributed by atoms with van der Waals surface area (Å²) in [5, 5.41) is 6.54. The van der Waals surface area contributed by atoms with E-state index in [2.05, 4.69) is 20.3 Å². The summed E-state index contributed by atoms with van der Waals surface area (Å²) in [7, 11) is -1.42. The number of hydrogen-bond donors (Lipinski definition) is 3. The first-order valence-corrected chi connectivity index (χ1v) is 11.0. The number of nitrogens with zero attached hydrogens (tertiary/aromatic N) is 2. The number of aliphatic imine (C=N–C) groups is 1. The maximum atomic E-state index is 12.5. The second-order valence-electron chi connectivity index (χ2n) is 6.91. The van der Waals surface area contributed by atoms with Crippen LogP contribution in [0.2, 0.25) is 0 Å². The van der Waals surface area contributed by atoms with Gasteiger partial charge in [0.25, 0.3) is 0 Å². The van der Waals surface area contributed by atoms with Gasteiger partial charge in [-0.15, -0.1) is 24.0 Å². The molecule has 1 aliphatic carbocycles. The predicted molar refractivity (Wildman–Crippen MR) is 114 cm³/mol. The molecule has 1 atom stereocenters. The lowest BCUT2D eigenvalue weighted by Gasteiger charge is -2.21. The Morgan fingerprint density at radius 1 is 1.19 bits per heavy atom. The SMILES string of the molecule is CN=C(NCCCNS(C)(=O)=O)NC1CCN(C(=O)C2CCCC2)C1.I. The van der Waals surface area contributed by atoms with Gasteiger partial charge in [0.05, 0.1) is 6.26 Å². The summed E-state index contributed by atoms with van der Waals surface area (Å²) in [5.74, 6) is 1.25. The van der Waals surface area contributed by atoms with E-state index < -0.39 is 10.0 Å². The van der Waals surface area contributed by atoms with Crippen molar-refractivity contribution in [3.05, 3.63) is 0 Å². The lowest BCUT2D eigenvalue weighted by atomic mass is 10.1. The molecule has 3 N–H and O–H groups in total. The molecule has 0 aromatic carbocycles. The molecular formula is C16H32IN5O3S.